The second-order valence-corrected chi connectivity index (χ2v) is 7.61. The van der Waals surface area contributed by atoms with E-state index in [1.807, 2.05) is 24.3 Å². The molecule has 1 fully saturated rings. The van der Waals surface area contributed by atoms with Crippen molar-refractivity contribution in [1.29, 1.82) is 0 Å². The van der Waals surface area contributed by atoms with Crippen LogP contribution >= 0.6 is 0 Å². The fourth-order valence-corrected chi connectivity index (χ4v) is 3.48. The number of aromatic nitrogens is 1. The van der Waals surface area contributed by atoms with Gasteiger partial charge in [-0.25, -0.2) is 0 Å². The zero-order valence-electron chi connectivity index (χ0n) is 16.0. The van der Waals surface area contributed by atoms with Crippen LogP contribution < -0.4 is 10.1 Å². The van der Waals surface area contributed by atoms with E-state index in [0.717, 1.165) is 23.9 Å². The maximum atomic E-state index is 5.88. The molecule has 3 rings (SSSR count). The van der Waals surface area contributed by atoms with Crippen molar-refractivity contribution in [2.24, 2.45) is 5.92 Å². The fraction of sp³-hybridized carbons (Fsp3) is 0.500. The van der Waals surface area contributed by atoms with Gasteiger partial charge in [0, 0.05) is 25.3 Å². The third kappa shape index (κ3) is 6.11. The van der Waals surface area contributed by atoms with Crippen LogP contribution in [-0.2, 0) is 13.2 Å². The molecule has 0 bridgehead atoms. The Morgan fingerprint density at radius 2 is 2.00 bits per heavy atom. The van der Waals surface area contributed by atoms with Crippen molar-refractivity contribution in [2.75, 3.05) is 19.6 Å². The van der Waals surface area contributed by atoms with Crippen molar-refractivity contribution in [3.8, 4) is 5.75 Å². The topological polar surface area (TPSA) is 37.4 Å². The van der Waals surface area contributed by atoms with Gasteiger partial charge in [-0.1, -0.05) is 32.0 Å². The molecule has 2 heterocycles. The smallest absolute Gasteiger partial charge is 0.130 e. The predicted octanol–water partition coefficient (Wildman–Crippen LogP) is 3.87. The van der Waals surface area contributed by atoms with Gasteiger partial charge in [-0.2, -0.15) is 0 Å². The van der Waals surface area contributed by atoms with Crippen LogP contribution in [0, 0.1) is 5.92 Å². The van der Waals surface area contributed by atoms with E-state index >= 15 is 0 Å². The first kappa shape index (κ1) is 18.9. The van der Waals surface area contributed by atoms with Gasteiger partial charge in [0.05, 0.1) is 5.69 Å². The Bertz CT molecular complexity index is 651. The Morgan fingerprint density at radius 1 is 1.15 bits per heavy atom. The summed E-state index contributed by atoms with van der Waals surface area (Å²) < 4.78 is 5.88. The van der Waals surface area contributed by atoms with E-state index in [4.69, 9.17) is 4.74 Å². The lowest BCUT2D eigenvalue weighted by Crippen LogP contribution is -2.43. The number of piperidine rings is 1. The largest absolute Gasteiger partial charge is 0.487 e. The van der Waals surface area contributed by atoms with Crippen molar-refractivity contribution in [3.05, 3.63) is 59.9 Å². The van der Waals surface area contributed by atoms with Gasteiger partial charge in [0.25, 0.3) is 0 Å². The van der Waals surface area contributed by atoms with Crippen LogP contribution in [-0.4, -0.2) is 35.6 Å². The Labute approximate surface area is 157 Å². The van der Waals surface area contributed by atoms with E-state index in [1.54, 1.807) is 6.20 Å². The molecule has 1 aliphatic rings. The minimum absolute atomic E-state index is 0.506. The average Bonchev–Trinajstić information content (AvgIpc) is 2.67. The summed E-state index contributed by atoms with van der Waals surface area (Å²) in [4.78, 5) is 6.89. The first-order valence-electron chi connectivity index (χ1n) is 9.76. The van der Waals surface area contributed by atoms with Gasteiger partial charge in [0.2, 0.25) is 0 Å². The lowest BCUT2D eigenvalue weighted by Gasteiger charge is -2.33. The molecule has 1 aliphatic heterocycles. The third-order valence-corrected chi connectivity index (χ3v) is 4.82. The number of pyridine rings is 1. The van der Waals surface area contributed by atoms with Crippen LogP contribution in [0.2, 0.25) is 0 Å². The molecule has 0 radical (unpaired) electrons. The summed E-state index contributed by atoms with van der Waals surface area (Å²) in [6.07, 6.45) is 4.27. The van der Waals surface area contributed by atoms with Gasteiger partial charge < -0.3 is 15.0 Å². The third-order valence-electron chi connectivity index (χ3n) is 4.82. The molecule has 0 atom stereocenters. The molecular formula is C22H31N3O. The summed E-state index contributed by atoms with van der Waals surface area (Å²) in [5.41, 5.74) is 2.22. The highest BCUT2D eigenvalue weighted by Crippen LogP contribution is 2.16. The molecule has 1 saturated heterocycles. The summed E-state index contributed by atoms with van der Waals surface area (Å²) in [6, 6.07) is 14.9. The molecule has 0 spiro atoms. The van der Waals surface area contributed by atoms with Crippen LogP contribution in [0.15, 0.2) is 48.7 Å². The van der Waals surface area contributed by atoms with Gasteiger partial charge in [-0.15, -0.1) is 0 Å². The van der Waals surface area contributed by atoms with Crippen molar-refractivity contribution in [2.45, 2.75) is 45.9 Å². The first-order valence-corrected chi connectivity index (χ1v) is 9.76. The Kier molecular flexibility index (Phi) is 7.04. The van der Waals surface area contributed by atoms with Crippen LogP contribution in [0.4, 0.5) is 0 Å². The molecule has 140 valence electrons. The zero-order chi connectivity index (χ0) is 18.2. The standard InChI is InChI=1S/C22H31N3O/c1-18(2)16-25-12-9-20(10-13-25)24-15-19-6-5-8-22(14-19)26-17-21-7-3-4-11-23-21/h3-8,11,14,18,20,24H,9-10,12-13,15-17H2,1-2H3. The van der Waals surface area contributed by atoms with E-state index < -0.39 is 0 Å². The molecule has 2 aromatic rings. The molecule has 1 N–H and O–H groups in total. The number of nitrogens with zero attached hydrogens (tertiary/aromatic N) is 2. The van der Waals surface area contributed by atoms with Crippen molar-refractivity contribution < 1.29 is 4.74 Å². The second kappa shape index (κ2) is 9.70. The number of nitrogens with one attached hydrogen (secondary N) is 1. The summed E-state index contributed by atoms with van der Waals surface area (Å²) in [5, 5.41) is 3.72. The minimum Gasteiger partial charge on any atom is -0.487 e. The Hall–Kier alpha value is -1.91. The van der Waals surface area contributed by atoms with E-state index in [2.05, 4.69) is 47.2 Å². The van der Waals surface area contributed by atoms with Crippen LogP contribution in [0.25, 0.3) is 0 Å². The fourth-order valence-electron chi connectivity index (χ4n) is 3.48. The maximum Gasteiger partial charge on any atom is 0.130 e. The quantitative estimate of drug-likeness (QED) is 0.782. The number of hydrogen-bond donors (Lipinski definition) is 1. The van der Waals surface area contributed by atoms with Gasteiger partial charge in [0.1, 0.15) is 12.4 Å². The highest BCUT2D eigenvalue weighted by molar-refractivity contribution is 5.28. The zero-order valence-corrected chi connectivity index (χ0v) is 16.0. The Morgan fingerprint density at radius 3 is 2.73 bits per heavy atom. The van der Waals surface area contributed by atoms with Gasteiger partial charge in [0.15, 0.2) is 0 Å². The summed E-state index contributed by atoms with van der Waals surface area (Å²) >= 11 is 0. The van der Waals surface area contributed by atoms with Gasteiger partial charge in [-0.05, 0) is 61.7 Å². The lowest BCUT2D eigenvalue weighted by molar-refractivity contribution is 0.179. The first-order chi connectivity index (χ1) is 12.7. The van der Waals surface area contributed by atoms with Crippen molar-refractivity contribution in [3.63, 3.8) is 0 Å². The minimum atomic E-state index is 0.506. The lowest BCUT2D eigenvalue weighted by atomic mass is 10.0. The Balaban J connectivity index is 1.43. The number of likely N-dealkylation sites (tertiary alicyclic amines) is 1. The SMILES string of the molecule is CC(C)CN1CCC(NCc2cccc(OCc3ccccn3)c2)CC1. The molecule has 0 aliphatic carbocycles. The number of benzene rings is 1. The molecule has 26 heavy (non-hydrogen) atoms. The monoisotopic (exact) mass is 353 g/mol. The summed E-state index contributed by atoms with van der Waals surface area (Å²) in [5.74, 6) is 1.66. The van der Waals surface area contributed by atoms with E-state index in [0.29, 0.717) is 12.6 Å². The molecule has 0 unspecified atom stereocenters. The van der Waals surface area contributed by atoms with Crippen molar-refractivity contribution >= 4 is 0 Å². The average molecular weight is 354 g/mol. The van der Waals surface area contributed by atoms with Gasteiger partial charge in [-0.3, -0.25) is 4.98 Å². The maximum absolute atomic E-state index is 5.88. The van der Waals surface area contributed by atoms with Crippen molar-refractivity contribution in [1.82, 2.24) is 15.2 Å². The summed E-state index contributed by atoms with van der Waals surface area (Å²) in [7, 11) is 0. The molecule has 1 aromatic carbocycles. The molecule has 0 amide bonds. The molecule has 4 nitrogen and oxygen atoms in total. The highest BCUT2D eigenvalue weighted by Gasteiger charge is 2.19. The summed E-state index contributed by atoms with van der Waals surface area (Å²) in [6.45, 7) is 9.65. The van der Waals surface area contributed by atoms with E-state index in [-0.39, 0.29) is 0 Å². The molecular weight excluding hydrogens is 322 g/mol. The molecule has 0 saturated carbocycles. The van der Waals surface area contributed by atoms with Crippen LogP contribution in [0.3, 0.4) is 0 Å². The number of hydrogen-bond acceptors (Lipinski definition) is 4. The normalized spacial score (nSPS) is 16.1. The highest BCUT2D eigenvalue weighted by atomic mass is 16.5. The predicted molar refractivity (Wildman–Crippen MR) is 106 cm³/mol. The van der Waals surface area contributed by atoms with E-state index in [9.17, 15) is 0 Å². The van der Waals surface area contributed by atoms with Crippen LogP contribution in [0.5, 0.6) is 5.75 Å². The van der Waals surface area contributed by atoms with E-state index in [1.165, 1.54) is 38.0 Å². The van der Waals surface area contributed by atoms with Gasteiger partial charge >= 0.3 is 0 Å². The molecule has 4 heteroatoms. The molecule has 1 aromatic heterocycles. The second-order valence-electron chi connectivity index (χ2n) is 7.61. The number of ether oxygens (including phenoxy) is 1. The van der Waals surface area contributed by atoms with Crippen LogP contribution in [0.1, 0.15) is 37.9 Å². The number of rotatable bonds is 8.